The molecule has 1 heterocycles. The van der Waals surface area contributed by atoms with Crippen LogP contribution in [0.2, 0.25) is 0 Å². The molecule has 6 nitrogen and oxygen atoms in total. The highest BCUT2D eigenvalue weighted by atomic mass is 19.4. The molecule has 0 aliphatic heterocycles. The van der Waals surface area contributed by atoms with E-state index in [0.717, 1.165) is 29.9 Å². The van der Waals surface area contributed by atoms with E-state index in [-0.39, 0.29) is 11.7 Å². The number of rotatable bonds is 12. The number of halogens is 3. The summed E-state index contributed by atoms with van der Waals surface area (Å²) in [7, 11) is 0. The lowest BCUT2D eigenvalue weighted by atomic mass is 10.0. The zero-order chi connectivity index (χ0) is 27.7. The highest BCUT2D eigenvalue weighted by Crippen LogP contribution is 2.31. The largest absolute Gasteiger partial charge is 0.490 e. The summed E-state index contributed by atoms with van der Waals surface area (Å²) in [6, 6.07) is 23.7. The SMILES string of the molecule is CCOc1cc(CNC(Cc2ccccc2)c2ccco2)ccc1OCC(=O)Nc1cccc(C(F)(F)F)c1. The Morgan fingerprint density at radius 3 is 2.44 bits per heavy atom. The normalized spacial score (nSPS) is 12.1. The first-order valence-corrected chi connectivity index (χ1v) is 12.5. The summed E-state index contributed by atoms with van der Waals surface area (Å²) in [6.45, 7) is 2.34. The van der Waals surface area contributed by atoms with Gasteiger partial charge in [-0.15, -0.1) is 0 Å². The zero-order valence-electron chi connectivity index (χ0n) is 21.3. The fourth-order valence-corrected chi connectivity index (χ4v) is 4.02. The predicted octanol–water partition coefficient (Wildman–Crippen LogP) is 6.79. The van der Waals surface area contributed by atoms with E-state index in [0.29, 0.717) is 24.7 Å². The van der Waals surface area contributed by atoms with Gasteiger partial charge in [-0.1, -0.05) is 42.5 Å². The molecule has 0 bridgehead atoms. The lowest BCUT2D eigenvalue weighted by molar-refractivity contribution is -0.137. The lowest BCUT2D eigenvalue weighted by Crippen LogP contribution is -2.23. The lowest BCUT2D eigenvalue weighted by Gasteiger charge is -2.18. The summed E-state index contributed by atoms with van der Waals surface area (Å²) >= 11 is 0. The minimum Gasteiger partial charge on any atom is -0.490 e. The van der Waals surface area contributed by atoms with Gasteiger partial charge in [0.05, 0.1) is 24.5 Å². The maximum Gasteiger partial charge on any atom is 0.416 e. The van der Waals surface area contributed by atoms with Crippen LogP contribution in [0.5, 0.6) is 11.5 Å². The van der Waals surface area contributed by atoms with Gasteiger partial charge in [-0.3, -0.25) is 4.79 Å². The van der Waals surface area contributed by atoms with Gasteiger partial charge in [-0.2, -0.15) is 13.2 Å². The van der Waals surface area contributed by atoms with Crippen molar-refractivity contribution in [3.8, 4) is 11.5 Å². The van der Waals surface area contributed by atoms with E-state index in [1.54, 1.807) is 12.3 Å². The van der Waals surface area contributed by atoms with E-state index < -0.39 is 24.3 Å². The van der Waals surface area contributed by atoms with Gasteiger partial charge in [0.15, 0.2) is 18.1 Å². The molecule has 9 heteroatoms. The maximum absolute atomic E-state index is 12.9. The van der Waals surface area contributed by atoms with Crippen molar-refractivity contribution >= 4 is 11.6 Å². The van der Waals surface area contributed by atoms with Crippen molar-refractivity contribution in [2.24, 2.45) is 0 Å². The number of carbonyl (C=O) groups is 1. The summed E-state index contributed by atoms with van der Waals surface area (Å²) in [5, 5.41) is 5.96. The zero-order valence-corrected chi connectivity index (χ0v) is 21.3. The van der Waals surface area contributed by atoms with Gasteiger partial charge in [-0.05, 0) is 66.9 Å². The standard InChI is InChI=1S/C30H29F3N2O4/c1-2-37-28-17-22(19-34-25(26-12-7-15-38-26)16-21-8-4-3-5-9-21)13-14-27(28)39-20-29(36)35-24-11-6-10-23(18-24)30(31,32)33/h3-15,17-18,25,34H,2,16,19-20H2,1H3,(H,35,36). The van der Waals surface area contributed by atoms with Crippen molar-refractivity contribution in [2.75, 3.05) is 18.5 Å². The summed E-state index contributed by atoms with van der Waals surface area (Å²) in [6.07, 6.45) is -2.11. The fraction of sp³-hybridized carbons (Fsp3) is 0.233. The molecule has 1 amide bonds. The first kappa shape index (κ1) is 27.8. The summed E-state index contributed by atoms with van der Waals surface area (Å²) in [5.41, 5.74) is 1.30. The second kappa shape index (κ2) is 13.0. The number of benzene rings is 3. The Kier molecular flexibility index (Phi) is 9.27. The molecule has 3 aromatic carbocycles. The topological polar surface area (TPSA) is 72.7 Å². The maximum atomic E-state index is 12.9. The molecule has 204 valence electrons. The van der Waals surface area contributed by atoms with Crippen LogP contribution >= 0.6 is 0 Å². The monoisotopic (exact) mass is 538 g/mol. The van der Waals surface area contributed by atoms with Crippen LogP contribution in [0.15, 0.2) is 95.6 Å². The Balaban J connectivity index is 1.38. The van der Waals surface area contributed by atoms with Gasteiger partial charge in [-0.25, -0.2) is 0 Å². The van der Waals surface area contributed by atoms with E-state index in [4.69, 9.17) is 13.9 Å². The quantitative estimate of drug-likeness (QED) is 0.208. The molecule has 1 atom stereocenters. The molecule has 1 aromatic heterocycles. The summed E-state index contributed by atoms with van der Waals surface area (Å²) < 4.78 is 55.8. The van der Waals surface area contributed by atoms with Crippen LogP contribution in [-0.4, -0.2) is 19.1 Å². The number of anilines is 1. The third kappa shape index (κ3) is 8.12. The van der Waals surface area contributed by atoms with E-state index in [1.165, 1.54) is 17.7 Å². The molecule has 4 aromatic rings. The van der Waals surface area contributed by atoms with Gasteiger partial charge >= 0.3 is 6.18 Å². The Hall–Kier alpha value is -4.24. The van der Waals surface area contributed by atoms with Crippen LogP contribution in [0, 0.1) is 0 Å². The van der Waals surface area contributed by atoms with Crippen molar-refractivity contribution < 1.29 is 31.9 Å². The minimum absolute atomic E-state index is 0.0338. The van der Waals surface area contributed by atoms with Crippen LogP contribution in [-0.2, 0) is 23.9 Å². The van der Waals surface area contributed by atoms with Gasteiger partial charge in [0.25, 0.3) is 5.91 Å². The molecule has 0 aliphatic rings. The van der Waals surface area contributed by atoms with Gasteiger partial charge in [0.1, 0.15) is 5.76 Å². The highest BCUT2D eigenvalue weighted by Gasteiger charge is 2.30. The molecule has 2 N–H and O–H groups in total. The second-order valence-electron chi connectivity index (χ2n) is 8.77. The molecule has 0 radical (unpaired) electrons. The van der Waals surface area contributed by atoms with E-state index in [2.05, 4.69) is 22.8 Å². The molecule has 0 aliphatic carbocycles. The van der Waals surface area contributed by atoms with E-state index in [9.17, 15) is 18.0 Å². The average Bonchev–Trinajstić information content (AvgIpc) is 3.46. The third-order valence-corrected chi connectivity index (χ3v) is 5.86. The Morgan fingerprint density at radius 2 is 1.72 bits per heavy atom. The van der Waals surface area contributed by atoms with Gasteiger partial charge < -0.3 is 24.5 Å². The molecule has 4 rings (SSSR count). The van der Waals surface area contributed by atoms with Crippen LogP contribution in [0.1, 0.15) is 35.4 Å². The number of nitrogens with one attached hydrogen (secondary N) is 2. The molecule has 0 fully saturated rings. The van der Waals surface area contributed by atoms with Crippen molar-refractivity contribution in [1.29, 1.82) is 0 Å². The first-order chi connectivity index (χ1) is 18.8. The van der Waals surface area contributed by atoms with Crippen molar-refractivity contribution in [3.63, 3.8) is 0 Å². The number of hydrogen-bond donors (Lipinski definition) is 2. The third-order valence-electron chi connectivity index (χ3n) is 5.86. The van der Waals surface area contributed by atoms with Crippen LogP contribution < -0.4 is 20.1 Å². The smallest absolute Gasteiger partial charge is 0.416 e. The molecule has 0 spiro atoms. The average molecular weight is 539 g/mol. The number of carbonyl (C=O) groups excluding carboxylic acids is 1. The van der Waals surface area contributed by atoms with Gasteiger partial charge in [0.2, 0.25) is 0 Å². The summed E-state index contributed by atoms with van der Waals surface area (Å²) in [4.78, 5) is 12.3. The molecule has 0 saturated carbocycles. The van der Waals surface area contributed by atoms with Crippen molar-refractivity contribution in [3.05, 3.63) is 114 Å². The number of ether oxygens (including phenoxy) is 2. The van der Waals surface area contributed by atoms with E-state index >= 15 is 0 Å². The predicted molar refractivity (Wildman–Crippen MR) is 142 cm³/mol. The Bertz CT molecular complexity index is 1340. The number of furan rings is 1. The number of amides is 1. The molecule has 39 heavy (non-hydrogen) atoms. The minimum atomic E-state index is -4.50. The Morgan fingerprint density at radius 1 is 0.897 bits per heavy atom. The van der Waals surface area contributed by atoms with Crippen molar-refractivity contribution in [1.82, 2.24) is 5.32 Å². The van der Waals surface area contributed by atoms with Crippen LogP contribution in [0.25, 0.3) is 0 Å². The number of hydrogen-bond acceptors (Lipinski definition) is 5. The van der Waals surface area contributed by atoms with Crippen LogP contribution in [0.4, 0.5) is 18.9 Å². The highest BCUT2D eigenvalue weighted by molar-refractivity contribution is 5.92. The van der Waals surface area contributed by atoms with Gasteiger partial charge in [0, 0.05) is 12.2 Å². The Labute approximate surface area is 224 Å². The molecule has 0 saturated heterocycles. The molecular weight excluding hydrogens is 509 g/mol. The van der Waals surface area contributed by atoms with E-state index in [1.807, 2.05) is 49.4 Å². The number of alkyl halides is 3. The molecule has 1 unspecified atom stereocenters. The molecular formula is C30H29F3N2O4. The van der Waals surface area contributed by atoms with Crippen LogP contribution in [0.3, 0.4) is 0 Å². The summed E-state index contributed by atoms with van der Waals surface area (Å²) in [5.74, 6) is 1.05. The second-order valence-corrected chi connectivity index (χ2v) is 8.77. The fourth-order valence-electron chi connectivity index (χ4n) is 4.02. The van der Waals surface area contributed by atoms with Crippen molar-refractivity contribution in [2.45, 2.75) is 32.1 Å². The first-order valence-electron chi connectivity index (χ1n) is 12.5.